The zero-order valence-electron chi connectivity index (χ0n) is 16.9. The van der Waals surface area contributed by atoms with Crippen LogP contribution in [0.25, 0.3) is 56.0 Å². The zero-order chi connectivity index (χ0) is 21.5. The molecule has 0 aliphatic carbocycles. The van der Waals surface area contributed by atoms with E-state index in [1.54, 1.807) is 44.3 Å². The molecule has 0 amide bonds. The van der Waals surface area contributed by atoms with Gasteiger partial charge in [-0.3, -0.25) is 20.1 Å². The number of methoxy groups -OCH3 is 1. The maximum absolute atomic E-state index is 5.29. The molecule has 0 saturated heterocycles. The first-order valence-electron chi connectivity index (χ1n) is 9.89. The Morgan fingerprint density at radius 2 is 1.72 bits per heavy atom. The van der Waals surface area contributed by atoms with Crippen molar-refractivity contribution in [3.05, 3.63) is 67.5 Å². The first-order valence-corrected chi connectivity index (χ1v) is 9.89. The number of ether oxygens (including phenoxy) is 1. The molecule has 9 nitrogen and oxygen atoms in total. The van der Waals surface area contributed by atoms with E-state index in [9.17, 15) is 0 Å². The predicted molar refractivity (Wildman–Crippen MR) is 120 cm³/mol. The molecule has 6 heterocycles. The van der Waals surface area contributed by atoms with Crippen LogP contribution in [0.4, 0.5) is 0 Å². The van der Waals surface area contributed by atoms with Crippen molar-refractivity contribution in [2.45, 2.75) is 0 Å². The second-order valence-electron chi connectivity index (χ2n) is 7.19. The number of aromatic nitrogens is 8. The summed E-state index contributed by atoms with van der Waals surface area (Å²) in [6, 6.07) is 9.64. The number of pyridine rings is 4. The second-order valence-corrected chi connectivity index (χ2v) is 7.19. The average Bonchev–Trinajstić information content (AvgIpc) is 3.48. The Hall–Kier alpha value is -4.66. The van der Waals surface area contributed by atoms with E-state index in [1.807, 2.05) is 30.3 Å². The van der Waals surface area contributed by atoms with Gasteiger partial charge in [0.25, 0.3) is 0 Å². The van der Waals surface area contributed by atoms with Gasteiger partial charge in [0, 0.05) is 41.5 Å². The molecule has 6 aromatic rings. The van der Waals surface area contributed by atoms with E-state index in [2.05, 4.69) is 30.1 Å². The van der Waals surface area contributed by atoms with Gasteiger partial charge < -0.3 is 9.72 Å². The Labute approximate surface area is 181 Å². The quantitative estimate of drug-likeness (QED) is 0.442. The third kappa shape index (κ3) is 2.95. The van der Waals surface area contributed by atoms with E-state index in [4.69, 9.17) is 14.7 Å². The van der Waals surface area contributed by atoms with Gasteiger partial charge in [0.15, 0.2) is 11.5 Å². The SMILES string of the molecule is COc1cncc(-c2ccc3[nH]nc(-c4nc5c(-c6cccnc6)cncc5[nH]4)c3n2)c1. The van der Waals surface area contributed by atoms with Crippen LogP contribution in [0.1, 0.15) is 0 Å². The van der Waals surface area contributed by atoms with Gasteiger partial charge in [-0.2, -0.15) is 5.10 Å². The summed E-state index contributed by atoms with van der Waals surface area (Å²) in [6.45, 7) is 0. The lowest BCUT2D eigenvalue weighted by Gasteiger charge is -2.03. The number of fused-ring (bicyclic) bond motifs is 2. The molecule has 6 aromatic heterocycles. The fraction of sp³-hybridized carbons (Fsp3) is 0.0435. The Balaban J connectivity index is 1.50. The van der Waals surface area contributed by atoms with Gasteiger partial charge in [-0.1, -0.05) is 6.07 Å². The van der Waals surface area contributed by atoms with Crippen molar-refractivity contribution < 1.29 is 4.74 Å². The van der Waals surface area contributed by atoms with Gasteiger partial charge in [-0.05, 0) is 24.3 Å². The van der Waals surface area contributed by atoms with E-state index >= 15 is 0 Å². The summed E-state index contributed by atoms with van der Waals surface area (Å²) in [4.78, 5) is 25.8. The Morgan fingerprint density at radius 1 is 0.812 bits per heavy atom. The molecular formula is C23H16N8O. The third-order valence-electron chi connectivity index (χ3n) is 5.24. The standard InChI is InChI=1S/C23H16N8O/c1-32-15-7-14(9-25-10-15)17-4-5-18-21(27-17)22(31-30-18)23-28-19-12-26-11-16(20(19)29-23)13-3-2-6-24-8-13/h2-12H,1H3,(H,28,29)(H,30,31). The highest BCUT2D eigenvalue weighted by atomic mass is 16.5. The predicted octanol–water partition coefficient (Wildman–Crippen LogP) is 4.03. The van der Waals surface area contributed by atoms with Crippen molar-refractivity contribution in [2.24, 2.45) is 0 Å². The molecule has 0 aliphatic heterocycles. The van der Waals surface area contributed by atoms with Crippen LogP contribution in [0.2, 0.25) is 0 Å². The van der Waals surface area contributed by atoms with Crippen molar-refractivity contribution in [3.63, 3.8) is 0 Å². The molecule has 0 aromatic carbocycles. The number of imidazole rings is 1. The summed E-state index contributed by atoms with van der Waals surface area (Å²) in [7, 11) is 1.61. The van der Waals surface area contributed by atoms with Crippen LogP contribution in [-0.4, -0.2) is 47.2 Å². The van der Waals surface area contributed by atoms with Crippen LogP contribution in [0.5, 0.6) is 5.75 Å². The molecule has 0 spiro atoms. The summed E-state index contributed by atoms with van der Waals surface area (Å²) >= 11 is 0. The lowest BCUT2D eigenvalue weighted by Crippen LogP contribution is -1.89. The monoisotopic (exact) mass is 420 g/mol. The molecule has 0 unspecified atom stereocenters. The van der Waals surface area contributed by atoms with Crippen molar-refractivity contribution in [1.29, 1.82) is 0 Å². The Kier molecular flexibility index (Phi) is 4.10. The molecule has 6 rings (SSSR count). The van der Waals surface area contributed by atoms with Gasteiger partial charge >= 0.3 is 0 Å². The van der Waals surface area contributed by atoms with Crippen molar-refractivity contribution in [3.8, 4) is 39.7 Å². The van der Waals surface area contributed by atoms with E-state index < -0.39 is 0 Å². The van der Waals surface area contributed by atoms with E-state index in [0.29, 0.717) is 22.8 Å². The third-order valence-corrected chi connectivity index (χ3v) is 5.24. The van der Waals surface area contributed by atoms with Crippen LogP contribution in [-0.2, 0) is 0 Å². The first kappa shape index (κ1) is 18.1. The lowest BCUT2D eigenvalue weighted by molar-refractivity contribution is 0.413. The summed E-state index contributed by atoms with van der Waals surface area (Å²) in [6.07, 6.45) is 10.5. The minimum absolute atomic E-state index is 0.609. The van der Waals surface area contributed by atoms with Crippen LogP contribution < -0.4 is 4.74 Å². The maximum atomic E-state index is 5.29. The summed E-state index contributed by atoms with van der Waals surface area (Å²) in [5.74, 6) is 1.28. The number of aromatic amines is 2. The fourth-order valence-electron chi connectivity index (χ4n) is 3.67. The molecule has 32 heavy (non-hydrogen) atoms. The number of hydrogen-bond donors (Lipinski definition) is 2. The van der Waals surface area contributed by atoms with Crippen molar-refractivity contribution in [2.75, 3.05) is 7.11 Å². The molecule has 0 radical (unpaired) electrons. The zero-order valence-corrected chi connectivity index (χ0v) is 16.9. The van der Waals surface area contributed by atoms with Gasteiger partial charge in [-0.25, -0.2) is 9.97 Å². The molecule has 2 N–H and O–H groups in total. The molecule has 0 bridgehead atoms. The van der Waals surface area contributed by atoms with Crippen LogP contribution in [0, 0.1) is 0 Å². The lowest BCUT2D eigenvalue weighted by atomic mass is 10.1. The fourth-order valence-corrected chi connectivity index (χ4v) is 3.67. The molecule has 0 saturated carbocycles. The van der Waals surface area contributed by atoms with Crippen LogP contribution in [0.3, 0.4) is 0 Å². The van der Waals surface area contributed by atoms with Gasteiger partial charge in [0.05, 0.1) is 36.2 Å². The summed E-state index contributed by atoms with van der Waals surface area (Å²) in [5.41, 5.74) is 7.22. The maximum Gasteiger partial charge on any atom is 0.161 e. The van der Waals surface area contributed by atoms with Gasteiger partial charge in [0.1, 0.15) is 16.8 Å². The van der Waals surface area contributed by atoms with Gasteiger partial charge in [-0.15, -0.1) is 0 Å². The second kappa shape index (κ2) is 7.24. The molecule has 9 heteroatoms. The Bertz CT molecular complexity index is 1570. The topological polar surface area (TPSA) is 118 Å². The van der Waals surface area contributed by atoms with Gasteiger partial charge in [0.2, 0.25) is 0 Å². The normalized spacial score (nSPS) is 11.3. The number of H-pyrrole nitrogens is 2. The summed E-state index contributed by atoms with van der Waals surface area (Å²) < 4.78 is 5.29. The van der Waals surface area contributed by atoms with Crippen molar-refractivity contribution >= 4 is 22.1 Å². The average molecular weight is 420 g/mol. The molecule has 0 aliphatic rings. The van der Waals surface area contributed by atoms with Crippen LogP contribution in [0.15, 0.2) is 67.5 Å². The Morgan fingerprint density at radius 3 is 2.59 bits per heavy atom. The highest BCUT2D eigenvalue weighted by molar-refractivity contribution is 5.95. The van der Waals surface area contributed by atoms with Crippen molar-refractivity contribution in [1.82, 2.24) is 40.1 Å². The highest BCUT2D eigenvalue weighted by Crippen LogP contribution is 2.31. The van der Waals surface area contributed by atoms with E-state index in [-0.39, 0.29) is 0 Å². The number of rotatable bonds is 4. The summed E-state index contributed by atoms with van der Waals surface area (Å²) in [5, 5.41) is 7.52. The number of hydrogen-bond acceptors (Lipinski definition) is 7. The van der Waals surface area contributed by atoms with E-state index in [1.165, 1.54) is 0 Å². The minimum Gasteiger partial charge on any atom is -0.495 e. The number of nitrogens with zero attached hydrogens (tertiary/aromatic N) is 6. The minimum atomic E-state index is 0.609. The molecule has 0 fully saturated rings. The first-order chi connectivity index (χ1) is 15.8. The molecule has 0 atom stereocenters. The van der Waals surface area contributed by atoms with Crippen LogP contribution >= 0.6 is 0 Å². The smallest absolute Gasteiger partial charge is 0.161 e. The number of nitrogens with one attached hydrogen (secondary N) is 2. The molecule has 154 valence electrons. The highest BCUT2D eigenvalue weighted by Gasteiger charge is 2.17. The van der Waals surface area contributed by atoms with E-state index in [0.717, 1.165) is 38.9 Å². The largest absolute Gasteiger partial charge is 0.495 e. The molecular weight excluding hydrogens is 404 g/mol.